The molecule has 19 heavy (non-hydrogen) atoms. The lowest BCUT2D eigenvalue weighted by molar-refractivity contribution is -0.384. The number of thiophene rings is 1. The van der Waals surface area contributed by atoms with E-state index in [0.29, 0.717) is 6.54 Å². The molecule has 0 spiro atoms. The molecule has 1 aromatic heterocycles. The van der Waals surface area contributed by atoms with E-state index in [9.17, 15) is 10.1 Å². The van der Waals surface area contributed by atoms with Crippen LogP contribution in [0.15, 0.2) is 36.4 Å². The lowest BCUT2D eigenvalue weighted by Gasteiger charge is -2.03. The zero-order valence-electron chi connectivity index (χ0n) is 10.8. The van der Waals surface area contributed by atoms with Gasteiger partial charge in [-0.05, 0) is 24.1 Å². The van der Waals surface area contributed by atoms with Crippen LogP contribution in [0.3, 0.4) is 0 Å². The summed E-state index contributed by atoms with van der Waals surface area (Å²) in [7, 11) is 0. The largest absolute Gasteiger partial charge is 0.308 e. The predicted molar refractivity (Wildman–Crippen MR) is 77.3 cm³/mol. The molecule has 0 atom stereocenters. The molecule has 1 heterocycles. The normalized spacial score (nSPS) is 10.6. The highest BCUT2D eigenvalue weighted by atomic mass is 32.1. The maximum atomic E-state index is 10.7. The van der Waals surface area contributed by atoms with E-state index < -0.39 is 0 Å². The molecule has 0 radical (unpaired) electrons. The average Bonchev–Trinajstić information content (AvgIpc) is 2.87. The van der Waals surface area contributed by atoms with E-state index in [1.807, 2.05) is 6.07 Å². The van der Waals surface area contributed by atoms with Crippen molar-refractivity contribution in [2.75, 3.05) is 0 Å². The third-order valence-corrected chi connectivity index (χ3v) is 4.05. The molecular formula is C14H16N2O2S. The number of aryl methyl sites for hydroxylation is 1. The summed E-state index contributed by atoms with van der Waals surface area (Å²) >= 11 is 1.81. The molecule has 5 heteroatoms. The van der Waals surface area contributed by atoms with Gasteiger partial charge in [0.15, 0.2) is 0 Å². The molecule has 0 aliphatic rings. The van der Waals surface area contributed by atoms with Crippen molar-refractivity contribution >= 4 is 17.0 Å². The highest BCUT2D eigenvalue weighted by molar-refractivity contribution is 7.11. The Hall–Kier alpha value is -1.72. The number of nitrogens with one attached hydrogen (secondary N) is 1. The van der Waals surface area contributed by atoms with Crippen LogP contribution in [0.1, 0.15) is 22.2 Å². The highest BCUT2D eigenvalue weighted by Gasteiger charge is 2.05. The summed E-state index contributed by atoms with van der Waals surface area (Å²) in [4.78, 5) is 13.0. The molecule has 4 nitrogen and oxygen atoms in total. The molecule has 1 N–H and O–H groups in total. The summed E-state index contributed by atoms with van der Waals surface area (Å²) in [6.07, 6.45) is 1.07. The Bertz CT molecular complexity index is 566. The van der Waals surface area contributed by atoms with Crippen LogP contribution >= 0.6 is 11.3 Å². The van der Waals surface area contributed by atoms with Gasteiger partial charge in [0, 0.05) is 35.0 Å². The number of rotatable bonds is 6. The molecule has 0 unspecified atom stereocenters. The van der Waals surface area contributed by atoms with Gasteiger partial charge in [-0.15, -0.1) is 11.3 Å². The number of benzene rings is 1. The maximum Gasteiger partial charge on any atom is 0.269 e. The Labute approximate surface area is 116 Å². The number of hydrogen-bond acceptors (Lipinski definition) is 4. The summed E-state index contributed by atoms with van der Waals surface area (Å²) in [6.45, 7) is 3.58. The van der Waals surface area contributed by atoms with Gasteiger partial charge >= 0.3 is 0 Å². The minimum absolute atomic E-state index is 0.142. The van der Waals surface area contributed by atoms with Gasteiger partial charge in [0.05, 0.1) is 4.92 Å². The van der Waals surface area contributed by atoms with Crippen molar-refractivity contribution in [2.45, 2.75) is 26.4 Å². The lowest BCUT2D eigenvalue weighted by Crippen LogP contribution is -2.11. The van der Waals surface area contributed by atoms with Crippen molar-refractivity contribution in [1.82, 2.24) is 5.32 Å². The fourth-order valence-electron chi connectivity index (χ4n) is 1.82. The van der Waals surface area contributed by atoms with Crippen molar-refractivity contribution in [2.24, 2.45) is 0 Å². The molecule has 100 valence electrons. The van der Waals surface area contributed by atoms with Gasteiger partial charge in [0.2, 0.25) is 0 Å². The molecule has 2 aromatic rings. The lowest BCUT2D eigenvalue weighted by atomic mass is 10.2. The molecule has 0 fully saturated rings. The summed E-state index contributed by atoms with van der Waals surface area (Å²) in [5.74, 6) is 0. The molecule has 0 amide bonds. The van der Waals surface area contributed by atoms with Crippen LogP contribution < -0.4 is 5.32 Å². The molecule has 0 bridgehead atoms. The van der Waals surface area contributed by atoms with Crippen LogP contribution in [0.2, 0.25) is 0 Å². The van der Waals surface area contributed by atoms with E-state index in [4.69, 9.17) is 0 Å². The summed E-state index contributed by atoms with van der Waals surface area (Å²) in [6, 6.07) is 11.0. The predicted octanol–water partition coefficient (Wildman–Crippen LogP) is 3.51. The van der Waals surface area contributed by atoms with Crippen LogP contribution in [0.5, 0.6) is 0 Å². The van der Waals surface area contributed by atoms with Crippen molar-refractivity contribution in [3.63, 3.8) is 0 Å². The van der Waals surface area contributed by atoms with E-state index in [0.717, 1.165) is 18.5 Å². The van der Waals surface area contributed by atoms with E-state index in [2.05, 4.69) is 24.4 Å². The van der Waals surface area contributed by atoms with Gasteiger partial charge in [-0.2, -0.15) is 0 Å². The Morgan fingerprint density at radius 1 is 1.21 bits per heavy atom. The minimum Gasteiger partial charge on any atom is -0.308 e. The SMILES string of the molecule is CCc1ccc(CNCc2cccc([N+](=O)[O-])c2)s1. The topological polar surface area (TPSA) is 55.2 Å². The van der Waals surface area contributed by atoms with Crippen LogP contribution in [0.4, 0.5) is 5.69 Å². The first-order chi connectivity index (χ1) is 9.19. The molecule has 0 aliphatic carbocycles. The smallest absolute Gasteiger partial charge is 0.269 e. The van der Waals surface area contributed by atoms with Gasteiger partial charge in [-0.3, -0.25) is 10.1 Å². The fraction of sp³-hybridized carbons (Fsp3) is 0.286. The second-order valence-corrected chi connectivity index (χ2v) is 5.51. The Morgan fingerprint density at radius 3 is 2.68 bits per heavy atom. The second-order valence-electron chi connectivity index (χ2n) is 4.25. The molecule has 0 saturated carbocycles. The molecule has 0 aliphatic heterocycles. The standard InChI is InChI=1S/C14H16N2O2S/c1-2-13-6-7-14(19-13)10-15-9-11-4-3-5-12(8-11)16(17)18/h3-8,15H,2,9-10H2,1H3. The third-order valence-electron chi connectivity index (χ3n) is 2.82. The summed E-state index contributed by atoms with van der Waals surface area (Å²) in [5.41, 5.74) is 1.07. The maximum absolute atomic E-state index is 10.7. The Kier molecular flexibility index (Phi) is 4.65. The fourth-order valence-corrected chi connectivity index (χ4v) is 2.74. The molecule has 1 aromatic carbocycles. The average molecular weight is 276 g/mol. The quantitative estimate of drug-likeness (QED) is 0.649. The first-order valence-electron chi connectivity index (χ1n) is 6.20. The van der Waals surface area contributed by atoms with Gasteiger partial charge in [-0.25, -0.2) is 0 Å². The van der Waals surface area contributed by atoms with Crippen molar-refractivity contribution < 1.29 is 4.92 Å². The third kappa shape index (κ3) is 3.87. The van der Waals surface area contributed by atoms with Gasteiger partial charge in [0.1, 0.15) is 0 Å². The van der Waals surface area contributed by atoms with Gasteiger partial charge < -0.3 is 5.32 Å². The van der Waals surface area contributed by atoms with E-state index in [1.54, 1.807) is 23.5 Å². The molecule has 2 rings (SSSR count). The number of non-ortho nitro benzene ring substituents is 1. The monoisotopic (exact) mass is 276 g/mol. The van der Waals surface area contributed by atoms with Crippen LogP contribution in [0, 0.1) is 10.1 Å². The number of nitrogens with zero attached hydrogens (tertiary/aromatic N) is 1. The van der Waals surface area contributed by atoms with Crippen LogP contribution in [-0.4, -0.2) is 4.92 Å². The van der Waals surface area contributed by atoms with Gasteiger partial charge in [-0.1, -0.05) is 19.1 Å². The zero-order valence-corrected chi connectivity index (χ0v) is 11.6. The van der Waals surface area contributed by atoms with E-state index in [1.165, 1.54) is 15.8 Å². The van der Waals surface area contributed by atoms with Crippen molar-refractivity contribution in [1.29, 1.82) is 0 Å². The van der Waals surface area contributed by atoms with E-state index in [-0.39, 0.29) is 10.6 Å². The minimum atomic E-state index is -0.365. The Balaban J connectivity index is 1.88. The molecule has 0 saturated heterocycles. The highest BCUT2D eigenvalue weighted by Crippen LogP contribution is 2.17. The summed E-state index contributed by atoms with van der Waals surface area (Å²) < 4.78 is 0. The van der Waals surface area contributed by atoms with Crippen LogP contribution in [0.25, 0.3) is 0 Å². The van der Waals surface area contributed by atoms with Crippen molar-refractivity contribution in [3.05, 3.63) is 61.8 Å². The van der Waals surface area contributed by atoms with Crippen molar-refractivity contribution in [3.8, 4) is 0 Å². The number of hydrogen-bond donors (Lipinski definition) is 1. The Morgan fingerprint density at radius 2 is 2.00 bits per heavy atom. The molecular weight excluding hydrogens is 260 g/mol. The number of nitro benzene ring substituents is 1. The second kappa shape index (κ2) is 6.45. The number of nitro groups is 1. The summed E-state index contributed by atoms with van der Waals surface area (Å²) in [5, 5.41) is 14.0. The van der Waals surface area contributed by atoms with Gasteiger partial charge in [0.25, 0.3) is 5.69 Å². The van der Waals surface area contributed by atoms with Crippen LogP contribution in [-0.2, 0) is 19.5 Å². The first kappa shape index (κ1) is 13.7. The van der Waals surface area contributed by atoms with E-state index >= 15 is 0 Å². The zero-order chi connectivity index (χ0) is 13.7. The first-order valence-corrected chi connectivity index (χ1v) is 7.02.